The van der Waals surface area contributed by atoms with E-state index in [1.807, 2.05) is 31.3 Å². The number of aryl methyl sites for hydroxylation is 1. The summed E-state index contributed by atoms with van der Waals surface area (Å²) in [5.74, 6) is 1.04. The van der Waals surface area contributed by atoms with Crippen LogP contribution in [0.1, 0.15) is 22.6 Å². The summed E-state index contributed by atoms with van der Waals surface area (Å²) >= 11 is 6.18. The smallest absolute Gasteiger partial charge is 0.243 e. The van der Waals surface area contributed by atoms with Gasteiger partial charge in [-0.25, -0.2) is 13.1 Å². The molecule has 2 aromatic carbocycles. The van der Waals surface area contributed by atoms with Gasteiger partial charge in [-0.2, -0.15) is 5.10 Å². The van der Waals surface area contributed by atoms with Gasteiger partial charge in [0, 0.05) is 36.8 Å². The molecule has 0 saturated carbocycles. The van der Waals surface area contributed by atoms with E-state index in [9.17, 15) is 8.42 Å². The molecule has 0 bridgehead atoms. The maximum Gasteiger partial charge on any atom is 0.243 e. The van der Waals surface area contributed by atoms with E-state index in [1.54, 1.807) is 7.05 Å². The van der Waals surface area contributed by atoms with Gasteiger partial charge < -0.3 is 10.1 Å². The van der Waals surface area contributed by atoms with E-state index in [-0.39, 0.29) is 18.0 Å². The Hall–Kier alpha value is -2.39. The molecule has 2 N–H and O–H groups in total. The van der Waals surface area contributed by atoms with Crippen molar-refractivity contribution in [2.75, 3.05) is 20.2 Å². The molecule has 1 aliphatic carbocycles. The summed E-state index contributed by atoms with van der Waals surface area (Å²) in [5, 5.41) is 8.09. The van der Waals surface area contributed by atoms with E-state index in [4.69, 9.17) is 16.3 Å². The van der Waals surface area contributed by atoms with E-state index in [0.29, 0.717) is 12.0 Å². The lowest BCUT2D eigenvalue weighted by Crippen LogP contribution is -2.30. The molecule has 0 amide bonds. The minimum atomic E-state index is -3.59. The number of halogens is 1. The topological polar surface area (TPSA) is 85.2 Å². The molecule has 3 aromatic rings. The fourth-order valence-corrected chi connectivity index (χ4v) is 5.44. The van der Waals surface area contributed by atoms with Gasteiger partial charge in [-0.05, 0) is 60.8 Å². The highest BCUT2D eigenvalue weighted by molar-refractivity contribution is 7.89. The molecule has 1 aliphatic rings. The van der Waals surface area contributed by atoms with Crippen molar-refractivity contribution in [3.05, 3.63) is 76.6 Å². The highest BCUT2D eigenvalue weighted by atomic mass is 35.5. The quantitative estimate of drug-likeness (QED) is 0.466. The van der Waals surface area contributed by atoms with Gasteiger partial charge in [0.15, 0.2) is 0 Å². The minimum Gasteiger partial charge on any atom is -0.492 e. The van der Waals surface area contributed by atoms with Crippen LogP contribution in [0.25, 0.3) is 0 Å². The molecule has 4 rings (SSSR count). The second-order valence-electron chi connectivity index (χ2n) is 8.00. The molecule has 0 saturated heterocycles. The second kappa shape index (κ2) is 9.62. The number of hydrogen-bond donors (Lipinski definition) is 2. The molecule has 0 spiro atoms. The largest absolute Gasteiger partial charge is 0.492 e. The summed E-state index contributed by atoms with van der Waals surface area (Å²) in [4.78, 5) is 0.138. The van der Waals surface area contributed by atoms with Crippen molar-refractivity contribution in [3.63, 3.8) is 0 Å². The summed E-state index contributed by atoms with van der Waals surface area (Å²) in [7, 11) is 0.0748. The van der Waals surface area contributed by atoms with Gasteiger partial charge in [0.2, 0.25) is 10.0 Å². The summed E-state index contributed by atoms with van der Waals surface area (Å²) in [6.07, 6.45) is 4.62. The standard InChI is InChI=1S/C23H27ClN4O3S/c1-25-23-12-17-6-7-19(13-21(17)22(23)11-16-4-3-5-18(24)10-16)31-9-8-27-32(29,30)20-14-26-28(2)15-20/h3-7,10,13-15,22-23,25,27H,8-9,11-12H2,1-2H3. The van der Waals surface area contributed by atoms with Crippen molar-refractivity contribution in [2.24, 2.45) is 7.05 Å². The van der Waals surface area contributed by atoms with Crippen molar-refractivity contribution in [1.29, 1.82) is 0 Å². The van der Waals surface area contributed by atoms with Crippen LogP contribution in [0.4, 0.5) is 0 Å². The van der Waals surface area contributed by atoms with Crippen molar-refractivity contribution >= 4 is 21.6 Å². The molecule has 2 unspecified atom stereocenters. The van der Waals surface area contributed by atoms with Crippen LogP contribution in [-0.2, 0) is 29.9 Å². The zero-order chi connectivity index (χ0) is 22.7. The normalized spacial score (nSPS) is 18.0. The molecular weight excluding hydrogens is 448 g/mol. The van der Waals surface area contributed by atoms with Crippen LogP contribution in [0.2, 0.25) is 5.02 Å². The molecule has 0 fully saturated rings. The lowest BCUT2D eigenvalue weighted by atomic mass is 9.91. The zero-order valence-corrected chi connectivity index (χ0v) is 19.7. The van der Waals surface area contributed by atoms with Gasteiger partial charge in [-0.1, -0.05) is 29.8 Å². The van der Waals surface area contributed by atoms with Crippen LogP contribution < -0.4 is 14.8 Å². The second-order valence-corrected chi connectivity index (χ2v) is 10.2. The van der Waals surface area contributed by atoms with Crippen LogP contribution in [-0.4, -0.2) is 44.4 Å². The van der Waals surface area contributed by atoms with E-state index in [2.05, 4.69) is 33.3 Å². The number of likely N-dealkylation sites (N-methyl/N-ethyl adjacent to an activating group) is 1. The first kappa shape index (κ1) is 22.8. The molecule has 1 aromatic heterocycles. The van der Waals surface area contributed by atoms with Gasteiger partial charge in [-0.15, -0.1) is 0 Å². The predicted molar refractivity (Wildman–Crippen MR) is 125 cm³/mol. The maximum absolute atomic E-state index is 12.3. The first-order valence-electron chi connectivity index (χ1n) is 10.5. The molecule has 0 aliphatic heterocycles. The fraction of sp³-hybridized carbons (Fsp3) is 0.348. The Morgan fingerprint density at radius 1 is 1.25 bits per heavy atom. The average Bonchev–Trinajstić information content (AvgIpc) is 3.35. The summed E-state index contributed by atoms with van der Waals surface area (Å²) in [5.41, 5.74) is 3.77. The monoisotopic (exact) mass is 474 g/mol. The Morgan fingerprint density at radius 2 is 2.09 bits per heavy atom. The SMILES string of the molecule is CNC1Cc2ccc(OCCNS(=O)(=O)c3cnn(C)c3)cc2C1Cc1cccc(Cl)c1. The van der Waals surface area contributed by atoms with E-state index in [1.165, 1.54) is 33.8 Å². The number of hydrogen-bond acceptors (Lipinski definition) is 5. The van der Waals surface area contributed by atoms with E-state index < -0.39 is 10.0 Å². The molecular formula is C23H27ClN4O3S. The molecule has 1 heterocycles. The highest BCUT2D eigenvalue weighted by Crippen LogP contribution is 2.38. The fourth-order valence-electron chi connectivity index (χ4n) is 4.23. The molecule has 2 atom stereocenters. The molecule has 170 valence electrons. The van der Waals surface area contributed by atoms with Crippen LogP contribution in [0.5, 0.6) is 5.75 Å². The summed E-state index contributed by atoms with van der Waals surface area (Å²) < 4.78 is 34.4. The van der Waals surface area contributed by atoms with Gasteiger partial charge in [-0.3, -0.25) is 4.68 Å². The third kappa shape index (κ3) is 5.15. The number of benzene rings is 2. The van der Waals surface area contributed by atoms with Gasteiger partial charge in [0.05, 0.1) is 6.20 Å². The molecule has 7 nitrogen and oxygen atoms in total. The van der Waals surface area contributed by atoms with Crippen molar-refractivity contribution in [2.45, 2.75) is 29.7 Å². The number of nitrogens with one attached hydrogen (secondary N) is 2. The van der Waals surface area contributed by atoms with Crippen LogP contribution in [0.15, 0.2) is 59.8 Å². The van der Waals surface area contributed by atoms with Crippen LogP contribution in [0, 0.1) is 0 Å². The number of nitrogens with zero attached hydrogens (tertiary/aromatic N) is 2. The lowest BCUT2D eigenvalue weighted by molar-refractivity contribution is 0.322. The Kier molecular flexibility index (Phi) is 6.85. The summed E-state index contributed by atoms with van der Waals surface area (Å²) in [6, 6.07) is 14.5. The number of rotatable bonds is 9. The molecule has 0 radical (unpaired) electrons. The van der Waals surface area contributed by atoms with Crippen molar-refractivity contribution < 1.29 is 13.2 Å². The first-order valence-corrected chi connectivity index (χ1v) is 12.4. The van der Waals surface area contributed by atoms with Crippen LogP contribution in [0.3, 0.4) is 0 Å². The highest BCUT2D eigenvalue weighted by Gasteiger charge is 2.32. The molecule has 9 heteroatoms. The Morgan fingerprint density at radius 3 is 2.81 bits per heavy atom. The number of sulfonamides is 1. The van der Waals surface area contributed by atoms with E-state index >= 15 is 0 Å². The predicted octanol–water partition coefficient (Wildman–Crippen LogP) is 2.90. The maximum atomic E-state index is 12.3. The Labute approximate surface area is 193 Å². The first-order chi connectivity index (χ1) is 15.4. The third-order valence-corrected chi connectivity index (χ3v) is 7.46. The Balaban J connectivity index is 1.40. The Bertz CT molecular complexity index is 1200. The third-order valence-electron chi connectivity index (χ3n) is 5.81. The average molecular weight is 475 g/mol. The van der Waals surface area contributed by atoms with Crippen molar-refractivity contribution in [1.82, 2.24) is 19.8 Å². The van der Waals surface area contributed by atoms with Gasteiger partial charge >= 0.3 is 0 Å². The summed E-state index contributed by atoms with van der Waals surface area (Å²) in [6.45, 7) is 0.395. The van der Waals surface area contributed by atoms with Crippen LogP contribution >= 0.6 is 11.6 Å². The minimum absolute atomic E-state index is 0.138. The van der Waals surface area contributed by atoms with Crippen molar-refractivity contribution in [3.8, 4) is 5.75 Å². The zero-order valence-electron chi connectivity index (χ0n) is 18.1. The number of fused-ring (bicyclic) bond motifs is 1. The van der Waals surface area contributed by atoms with E-state index in [0.717, 1.165) is 23.6 Å². The lowest BCUT2D eigenvalue weighted by Gasteiger charge is -2.20. The van der Waals surface area contributed by atoms with Gasteiger partial charge in [0.1, 0.15) is 17.3 Å². The number of aromatic nitrogens is 2. The number of ether oxygens (including phenoxy) is 1. The molecule has 32 heavy (non-hydrogen) atoms. The van der Waals surface area contributed by atoms with Gasteiger partial charge in [0.25, 0.3) is 0 Å².